The number of imidazole rings is 1. The highest BCUT2D eigenvalue weighted by Gasteiger charge is 2.47. The van der Waals surface area contributed by atoms with Crippen LogP contribution in [0.1, 0.15) is 32.9 Å². The number of phosphoric ester groups is 3. The van der Waals surface area contributed by atoms with Crippen LogP contribution in [0.2, 0.25) is 0 Å². The van der Waals surface area contributed by atoms with Crippen LogP contribution < -0.4 is 35.9 Å². The Morgan fingerprint density at radius 3 is 2.55 bits per heavy atom. The van der Waals surface area contributed by atoms with E-state index >= 15 is 0 Å². The van der Waals surface area contributed by atoms with Crippen molar-refractivity contribution in [1.82, 2.24) is 30.2 Å². The molecule has 1 saturated heterocycles. The van der Waals surface area contributed by atoms with Crippen molar-refractivity contribution in [2.45, 2.75) is 57.3 Å². The number of ether oxygens (including phenoxy) is 2. The van der Waals surface area contributed by atoms with Gasteiger partial charge in [0.2, 0.25) is 16.9 Å². The lowest BCUT2D eigenvalue weighted by molar-refractivity contribution is -0.347. The number of allylic oxidation sites excluding steroid dienone is 3. The summed E-state index contributed by atoms with van der Waals surface area (Å²) < 4.78 is 65.8. The van der Waals surface area contributed by atoms with Crippen LogP contribution in [0.3, 0.4) is 0 Å². The Labute approximate surface area is 333 Å². The summed E-state index contributed by atoms with van der Waals surface area (Å²) in [6.45, 7) is -0.0142. The fourth-order valence-electron chi connectivity index (χ4n) is 5.01. The molecule has 322 valence electrons. The number of hydrogen-bond acceptors (Lipinski definition) is 23. The number of carbonyl (C=O) groups excluding carboxylic acids is 3. The standard InChI is InChI=1S/C29H42N7O18P3S/c1-29(2,24(40)27(41)32-8-7-19(37)31-9-11-58-20(38)12-17-6-4-3-5-10-49-17)14-51-57(47,48)54-56(45,46)50-13-18-23(53-55(42,43)44)22(39)28(52-18)36-16-35-21-25(30)33-15-34-26(21)36/h3-5,10,12,15-16,18,22-24,28,39-40H,6-9,11,13-14H2,1-2H3,(H,31,37)(H,32,41)(H,45,46)(H,47,48)(H2,30,33,34)(H2,42,43,44)/p-4/b17-12-/t18-,22-,23-,24+,28-/m1/s1. The molecule has 58 heavy (non-hydrogen) atoms. The Bertz CT molecular complexity index is 2030. The molecule has 2 unspecified atom stereocenters. The number of aliphatic hydroxyl groups excluding tert-OH is 2. The Balaban J connectivity index is 1.21. The number of carbonyl (C=O) groups is 3. The zero-order chi connectivity index (χ0) is 42.9. The first kappa shape index (κ1) is 47.3. The number of amides is 2. The minimum atomic E-state index is -5.92. The summed E-state index contributed by atoms with van der Waals surface area (Å²) >= 11 is 0.954. The smallest absolute Gasteiger partial charge is 0.274 e. The van der Waals surface area contributed by atoms with Crippen LogP contribution >= 0.6 is 35.2 Å². The average molecular weight is 898 g/mol. The van der Waals surface area contributed by atoms with Gasteiger partial charge in [-0.1, -0.05) is 37.8 Å². The van der Waals surface area contributed by atoms with Crippen LogP contribution in [0.4, 0.5) is 5.82 Å². The molecule has 25 nitrogen and oxygen atoms in total. The van der Waals surface area contributed by atoms with Crippen LogP contribution in [-0.2, 0) is 55.4 Å². The van der Waals surface area contributed by atoms with Crippen molar-refractivity contribution >= 4 is 69.1 Å². The molecule has 0 radical (unpaired) electrons. The van der Waals surface area contributed by atoms with Crippen molar-refractivity contribution in [2.75, 3.05) is 37.8 Å². The van der Waals surface area contributed by atoms with Crippen LogP contribution in [0, 0.1) is 5.41 Å². The molecular weight excluding hydrogens is 859 g/mol. The van der Waals surface area contributed by atoms with Gasteiger partial charge in [0.25, 0.3) is 15.6 Å². The number of nitrogens with one attached hydrogen (secondary N) is 2. The van der Waals surface area contributed by atoms with Gasteiger partial charge in [-0.3, -0.25) is 28.1 Å². The Hall–Kier alpha value is -3.42. The number of nitrogens with zero attached hydrogens (tertiary/aromatic N) is 4. The van der Waals surface area contributed by atoms with Crippen molar-refractivity contribution in [3.63, 3.8) is 0 Å². The Kier molecular flexibility index (Phi) is 16.5. The molecule has 0 aromatic carbocycles. The average Bonchev–Trinajstić information content (AvgIpc) is 3.57. The fraction of sp³-hybridized carbons (Fsp3) is 0.517. The van der Waals surface area contributed by atoms with E-state index in [2.05, 4.69) is 43.5 Å². The third-order valence-corrected chi connectivity index (χ3v) is 11.7. The highest BCUT2D eigenvalue weighted by molar-refractivity contribution is 8.14. The van der Waals surface area contributed by atoms with E-state index < -0.39 is 84.6 Å². The van der Waals surface area contributed by atoms with Crippen LogP contribution in [0.15, 0.2) is 49.0 Å². The molecule has 2 aliphatic heterocycles. The van der Waals surface area contributed by atoms with E-state index in [0.29, 0.717) is 12.2 Å². The van der Waals surface area contributed by atoms with Gasteiger partial charge >= 0.3 is 0 Å². The maximum atomic E-state index is 12.6. The molecule has 1 fully saturated rings. The molecule has 0 bridgehead atoms. The predicted molar refractivity (Wildman–Crippen MR) is 190 cm³/mol. The largest absolute Gasteiger partial charge is 0.790 e. The lowest BCUT2D eigenvalue weighted by Gasteiger charge is -2.36. The number of aliphatic hydroxyl groups is 2. The predicted octanol–water partition coefficient (Wildman–Crippen LogP) is -2.49. The summed E-state index contributed by atoms with van der Waals surface area (Å²) in [7, 11) is -17.6. The molecule has 0 saturated carbocycles. The number of hydrogen-bond donors (Lipinski definition) is 5. The van der Waals surface area contributed by atoms with E-state index in [-0.39, 0.29) is 47.4 Å². The molecular formula is C29H38N7O18P3S-4. The molecule has 7 atom stereocenters. The van der Waals surface area contributed by atoms with Crippen molar-refractivity contribution in [1.29, 1.82) is 0 Å². The van der Waals surface area contributed by atoms with Crippen LogP contribution in [-0.4, -0.2) is 103 Å². The lowest BCUT2D eigenvalue weighted by Crippen LogP contribution is -2.46. The summed E-state index contributed by atoms with van der Waals surface area (Å²) in [4.78, 5) is 96.2. The fourth-order valence-corrected chi connectivity index (χ4v) is 8.36. The molecule has 4 rings (SSSR count). The molecule has 4 heterocycles. The van der Waals surface area contributed by atoms with Crippen LogP contribution in [0.5, 0.6) is 0 Å². The third-order valence-electron chi connectivity index (χ3n) is 7.86. The van der Waals surface area contributed by atoms with Gasteiger partial charge in [-0.15, -0.1) is 0 Å². The zero-order valence-corrected chi connectivity index (χ0v) is 33.9. The number of nitrogens with two attached hydrogens (primary N) is 1. The van der Waals surface area contributed by atoms with Gasteiger partial charge in [-0.05, 0) is 6.08 Å². The summed E-state index contributed by atoms with van der Waals surface area (Å²) in [6, 6.07) is 0. The monoisotopic (exact) mass is 897 g/mol. The van der Waals surface area contributed by atoms with Crippen molar-refractivity contribution in [3.05, 3.63) is 49.0 Å². The van der Waals surface area contributed by atoms with Gasteiger partial charge in [-0.25, -0.2) is 19.3 Å². The quantitative estimate of drug-likeness (QED) is 0.0521. The Morgan fingerprint density at radius 1 is 1.10 bits per heavy atom. The zero-order valence-electron chi connectivity index (χ0n) is 30.4. The first-order chi connectivity index (χ1) is 27.1. The Morgan fingerprint density at radius 2 is 1.83 bits per heavy atom. The lowest BCUT2D eigenvalue weighted by atomic mass is 9.87. The first-order valence-electron chi connectivity index (χ1n) is 16.7. The SMILES string of the molecule is CC(C)(COP(=O)([O-])OP(=O)([O-])OC[C@H]1O[C@@H](n2cnc3c(N)ncnc32)[C@H](O)[C@@H]1OP(=O)([O-])[O-])[C@@H](O)C(=O)NCCC(=O)NCCSC(=O)/C=C1/CC=CC=CO1. The maximum absolute atomic E-state index is 12.6. The first-order valence-corrected chi connectivity index (χ1v) is 22.1. The number of anilines is 1. The second-order valence-electron chi connectivity index (χ2n) is 12.8. The van der Waals surface area contributed by atoms with E-state index in [1.54, 1.807) is 12.2 Å². The van der Waals surface area contributed by atoms with Gasteiger partial charge in [0, 0.05) is 43.2 Å². The summed E-state index contributed by atoms with van der Waals surface area (Å²) in [5.74, 6) is -0.878. The van der Waals surface area contributed by atoms with Gasteiger partial charge in [-0.2, -0.15) is 0 Å². The minimum Gasteiger partial charge on any atom is -0.790 e. The summed E-state index contributed by atoms with van der Waals surface area (Å²) in [6.07, 6.45) is 0.866. The van der Waals surface area contributed by atoms with E-state index in [4.69, 9.17) is 15.2 Å². The second-order valence-corrected chi connectivity index (χ2v) is 18.0. The molecule has 0 aliphatic carbocycles. The highest BCUT2D eigenvalue weighted by atomic mass is 32.2. The van der Waals surface area contributed by atoms with Crippen molar-refractivity contribution in [3.8, 4) is 0 Å². The topological polar surface area (TPSA) is 384 Å². The van der Waals surface area contributed by atoms with E-state index in [0.717, 1.165) is 29.0 Å². The molecule has 29 heteroatoms. The number of phosphoric acid groups is 3. The van der Waals surface area contributed by atoms with Crippen molar-refractivity contribution < 1.29 is 85.2 Å². The van der Waals surface area contributed by atoms with E-state index in [1.807, 2.05) is 6.08 Å². The molecule has 2 amide bonds. The van der Waals surface area contributed by atoms with Gasteiger partial charge < -0.3 is 73.8 Å². The third kappa shape index (κ3) is 14.1. The second kappa shape index (κ2) is 20.2. The van der Waals surface area contributed by atoms with Crippen molar-refractivity contribution in [2.24, 2.45) is 5.41 Å². The molecule has 2 aliphatic rings. The molecule has 0 spiro atoms. The number of fused-ring (bicyclic) bond motifs is 1. The molecule has 2 aromatic heterocycles. The normalized spacial score (nSPS) is 23.1. The van der Waals surface area contributed by atoms with Gasteiger partial charge in [0.15, 0.2) is 17.7 Å². The van der Waals surface area contributed by atoms with Crippen LogP contribution in [0.25, 0.3) is 11.2 Å². The summed E-state index contributed by atoms with van der Waals surface area (Å²) in [5.41, 5.74) is 4.05. The summed E-state index contributed by atoms with van der Waals surface area (Å²) in [5, 5.41) is 25.9. The highest BCUT2D eigenvalue weighted by Crippen LogP contribution is 2.56. The molecule has 6 N–H and O–H groups in total. The van der Waals surface area contributed by atoms with Gasteiger partial charge in [0.1, 0.15) is 42.0 Å². The minimum absolute atomic E-state index is 0.0248. The van der Waals surface area contributed by atoms with E-state index in [1.165, 1.54) is 26.2 Å². The van der Waals surface area contributed by atoms with E-state index in [9.17, 15) is 57.9 Å². The number of thioether (sulfide) groups is 1. The number of aromatic nitrogens is 4. The molecule has 2 aromatic rings. The maximum Gasteiger partial charge on any atom is 0.274 e. The number of nitrogen functional groups attached to an aromatic ring is 1. The van der Waals surface area contributed by atoms with Gasteiger partial charge in [0.05, 0.1) is 33.6 Å². The number of rotatable bonds is 20.